The highest BCUT2D eigenvalue weighted by molar-refractivity contribution is 7.09. The van der Waals surface area contributed by atoms with Crippen LogP contribution in [0.15, 0.2) is 66.3 Å². The molecule has 166 valence electrons. The summed E-state index contributed by atoms with van der Waals surface area (Å²) < 4.78 is 5.44. The van der Waals surface area contributed by atoms with E-state index in [0.29, 0.717) is 11.6 Å². The first-order valence-corrected chi connectivity index (χ1v) is 11.8. The summed E-state index contributed by atoms with van der Waals surface area (Å²) in [6.45, 7) is 2.81. The summed E-state index contributed by atoms with van der Waals surface area (Å²) in [4.78, 5) is 24.0. The summed E-state index contributed by atoms with van der Waals surface area (Å²) >= 11 is 1.59. The second-order valence-electron chi connectivity index (χ2n) is 7.84. The second kappa shape index (κ2) is 11.0. The number of benzene rings is 1. The predicted molar refractivity (Wildman–Crippen MR) is 128 cm³/mol. The van der Waals surface area contributed by atoms with Crippen molar-refractivity contribution in [3.05, 3.63) is 82.6 Å². The van der Waals surface area contributed by atoms with Crippen LogP contribution in [-0.4, -0.2) is 47.5 Å². The lowest BCUT2D eigenvalue weighted by Gasteiger charge is -2.36. The number of nitrogens with one attached hydrogen (secondary N) is 1. The Morgan fingerprint density at radius 1 is 1.25 bits per heavy atom. The number of nitrogens with zero attached hydrogens (tertiary/aromatic N) is 3. The number of methoxy groups -OCH3 is 1. The molecule has 0 unspecified atom stereocenters. The van der Waals surface area contributed by atoms with Gasteiger partial charge in [0.15, 0.2) is 0 Å². The Kier molecular flexibility index (Phi) is 7.64. The molecular weight excluding hydrogens is 420 g/mol. The van der Waals surface area contributed by atoms with Gasteiger partial charge in [-0.25, -0.2) is 4.98 Å². The molecule has 1 saturated heterocycles. The average molecular weight is 449 g/mol. The minimum atomic E-state index is -0.154. The Labute approximate surface area is 193 Å². The van der Waals surface area contributed by atoms with E-state index >= 15 is 0 Å². The Hall–Kier alpha value is -3.03. The smallest absolute Gasteiger partial charge is 0.270 e. The number of amides is 1. The molecule has 0 spiro atoms. The van der Waals surface area contributed by atoms with E-state index in [1.54, 1.807) is 36.9 Å². The van der Waals surface area contributed by atoms with Crippen molar-refractivity contribution >= 4 is 23.3 Å². The van der Waals surface area contributed by atoms with Gasteiger partial charge in [-0.1, -0.05) is 36.4 Å². The molecule has 0 aliphatic carbocycles. The fraction of sp³-hybridized carbons (Fsp3) is 0.320. The Balaban J connectivity index is 1.43. The quantitative estimate of drug-likeness (QED) is 0.552. The van der Waals surface area contributed by atoms with Gasteiger partial charge in [0, 0.05) is 36.4 Å². The van der Waals surface area contributed by atoms with Crippen LogP contribution in [0.1, 0.15) is 39.9 Å². The van der Waals surface area contributed by atoms with Crippen LogP contribution in [-0.2, 0) is 0 Å². The number of pyridine rings is 1. The maximum Gasteiger partial charge on any atom is 0.270 e. The number of ether oxygens (including phenoxy) is 1. The van der Waals surface area contributed by atoms with Gasteiger partial charge in [-0.15, -0.1) is 11.3 Å². The highest BCUT2D eigenvalue weighted by Gasteiger charge is 2.31. The molecule has 1 fully saturated rings. The summed E-state index contributed by atoms with van der Waals surface area (Å²) in [7, 11) is 1.69. The third-order valence-corrected chi connectivity index (χ3v) is 6.57. The molecule has 0 bridgehead atoms. The van der Waals surface area contributed by atoms with Crippen LogP contribution in [0.25, 0.3) is 6.08 Å². The number of hydrogen-bond acceptors (Lipinski definition) is 6. The minimum Gasteiger partial charge on any atom is -0.496 e. The van der Waals surface area contributed by atoms with E-state index in [2.05, 4.69) is 38.4 Å². The van der Waals surface area contributed by atoms with E-state index in [1.165, 1.54) is 0 Å². The van der Waals surface area contributed by atoms with E-state index < -0.39 is 0 Å². The molecule has 1 aromatic carbocycles. The summed E-state index contributed by atoms with van der Waals surface area (Å²) in [6, 6.07) is 13.3. The van der Waals surface area contributed by atoms with Gasteiger partial charge in [0.1, 0.15) is 16.5 Å². The molecule has 2 aromatic heterocycles. The number of rotatable bonds is 8. The van der Waals surface area contributed by atoms with Crippen LogP contribution < -0.4 is 10.1 Å². The predicted octanol–water partition coefficient (Wildman–Crippen LogP) is 4.44. The van der Waals surface area contributed by atoms with Crippen molar-refractivity contribution in [3.8, 4) is 5.75 Å². The van der Waals surface area contributed by atoms with Gasteiger partial charge in [-0.2, -0.15) is 0 Å². The fourth-order valence-electron chi connectivity index (χ4n) is 4.14. The molecule has 2 atom stereocenters. The molecule has 0 radical (unpaired) electrons. The van der Waals surface area contributed by atoms with Gasteiger partial charge < -0.3 is 10.1 Å². The molecule has 1 N–H and O–H groups in total. The summed E-state index contributed by atoms with van der Waals surface area (Å²) in [5.41, 5.74) is 1.51. The van der Waals surface area contributed by atoms with Crippen molar-refractivity contribution in [1.29, 1.82) is 0 Å². The molecule has 3 heterocycles. The van der Waals surface area contributed by atoms with Crippen LogP contribution in [0, 0.1) is 5.92 Å². The Bertz CT molecular complexity index is 1020. The first-order valence-electron chi connectivity index (χ1n) is 10.9. The lowest BCUT2D eigenvalue weighted by atomic mass is 9.90. The van der Waals surface area contributed by atoms with Gasteiger partial charge in [0.05, 0.1) is 13.2 Å². The second-order valence-corrected chi connectivity index (χ2v) is 8.77. The molecule has 3 aromatic rings. The van der Waals surface area contributed by atoms with Gasteiger partial charge in [0.25, 0.3) is 5.91 Å². The monoisotopic (exact) mass is 448 g/mol. The van der Waals surface area contributed by atoms with Crippen LogP contribution in [0.5, 0.6) is 5.75 Å². The molecule has 7 heteroatoms. The Morgan fingerprint density at radius 3 is 2.91 bits per heavy atom. The number of carbonyl (C=O) groups excluding carboxylic acids is 1. The van der Waals surface area contributed by atoms with Crippen LogP contribution in [0.2, 0.25) is 0 Å². The zero-order valence-electron chi connectivity index (χ0n) is 18.2. The molecule has 1 amide bonds. The third-order valence-electron chi connectivity index (χ3n) is 5.71. The lowest BCUT2D eigenvalue weighted by Crippen LogP contribution is -2.43. The largest absolute Gasteiger partial charge is 0.496 e. The lowest BCUT2D eigenvalue weighted by molar-refractivity contribution is 0.0884. The molecule has 1 aliphatic rings. The number of likely N-dealkylation sites (tertiary alicyclic amines) is 1. The maximum absolute atomic E-state index is 12.8. The van der Waals surface area contributed by atoms with E-state index in [4.69, 9.17) is 4.74 Å². The number of hydrogen-bond donors (Lipinski definition) is 1. The molecule has 0 saturated carbocycles. The first-order chi connectivity index (χ1) is 15.7. The fourth-order valence-corrected chi connectivity index (χ4v) is 4.92. The summed E-state index contributed by atoms with van der Waals surface area (Å²) in [5, 5.41) is 6.12. The number of piperidine rings is 1. The molecular formula is C25H28N4O2S. The number of thiazole rings is 1. The van der Waals surface area contributed by atoms with E-state index in [9.17, 15) is 4.79 Å². The number of para-hydroxylation sites is 1. The van der Waals surface area contributed by atoms with Gasteiger partial charge in [-0.3, -0.25) is 14.7 Å². The zero-order valence-corrected chi connectivity index (χ0v) is 19.0. The van der Waals surface area contributed by atoms with E-state index in [-0.39, 0.29) is 11.9 Å². The Morgan fingerprint density at radius 2 is 2.12 bits per heavy atom. The normalized spacial score (nSPS) is 17.8. The number of carbonyl (C=O) groups is 1. The van der Waals surface area contributed by atoms with Crippen molar-refractivity contribution in [3.63, 3.8) is 0 Å². The standard InChI is InChI=1S/C25H28N4O2S/c1-31-22-12-3-2-8-19(22)9-6-15-29-16-7-10-20(18-29)23(25-27-14-17-32-25)28-24(30)21-11-4-5-13-26-21/h2-6,8-9,11-14,17,20,23H,7,10,15-16,18H2,1H3,(H,28,30)/b9-6+/t20-,23-/m1/s1. The summed E-state index contributed by atoms with van der Waals surface area (Å²) in [5.74, 6) is 1.02. The van der Waals surface area contributed by atoms with Crippen LogP contribution in [0.3, 0.4) is 0 Å². The highest BCUT2D eigenvalue weighted by atomic mass is 32.1. The van der Waals surface area contributed by atoms with Crippen molar-refractivity contribution in [1.82, 2.24) is 20.2 Å². The minimum absolute atomic E-state index is 0.120. The van der Waals surface area contributed by atoms with E-state index in [1.807, 2.05) is 35.7 Å². The molecule has 1 aliphatic heterocycles. The summed E-state index contributed by atoms with van der Waals surface area (Å²) in [6.07, 6.45) is 9.89. The van der Waals surface area contributed by atoms with Gasteiger partial charge >= 0.3 is 0 Å². The van der Waals surface area contributed by atoms with Crippen molar-refractivity contribution in [2.75, 3.05) is 26.7 Å². The van der Waals surface area contributed by atoms with Crippen molar-refractivity contribution in [2.24, 2.45) is 5.92 Å². The zero-order chi connectivity index (χ0) is 22.2. The maximum atomic E-state index is 12.8. The van der Waals surface area contributed by atoms with Crippen LogP contribution in [0.4, 0.5) is 0 Å². The highest BCUT2D eigenvalue weighted by Crippen LogP contribution is 2.31. The van der Waals surface area contributed by atoms with Crippen molar-refractivity contribution < 1.29 is 9.53 Å². The van der Waals surface area contributed by atoms with Gasteiger partial charge in [0.2, 0.25) is 0 Å². The molecule has 32 heavy (non-hydrogen) atoms. The topological polar surface area (TPSA) is 67.3 Å². The average Bonchev–Trinajstić information content (AvgIpc) is 3.38. The SMILES string of the molecule is COc1ccccc1/C=C/CN1CCC[C@@H]([C@@H](NC(=O)c2ccccn2)c2nccs2)C1. The van der Waals surface area contributed by atoms with E-state index in [0.717, 1.165) is 48.8 Å². The third kappa shape index (κ3) is 5.60. The number of aromatic nitrogens is 2. The van der Waals surface area contributed by atoms with Crippen LogP contribution >= 0.6 is 11.3 Å². The first kappa shape index (κ1) is 22.2. The molecule has 6 nitrogen and oxygen atoms in total. The van der Waals surface area contributed by atoms with Crippen molar-refractivity contribution in [2.45, 2.75) is 18.9 Å². The van der Waals surface area contributed by atoms with Gasteiger partial charge in [-0.05, 0) is 43.5 Å². The molecule has 4 rings (SSSR count).